The number of rotatable bonds is 6. The molecular formula is C23H24FN7O3. The van der Waals surface area contributed by atoms with Crippen molar-refractivity contribution >= 4 is 11.9 Å². The van der Waals surface area contributed by atoms with Crippen molar-refractivity contribution in [1.29, 1.82) is 0 Å². The van der Waals surface area contributed by atoms with Gasteiger partial charge in [0.05, 0.1) is 23.9 Å². The van der Waals surface area contributed by atoms with Crippen molar-refractivity contribution in [2.75, 3.05) is 32.7 Å². The Bertz CT molecular complexity index is 1190. The maximum Gasteiger partial charge on any atom is 0.338 e. The molecule has 176 valence electrons. The molecule has 0 aliphatic carbocycles. The molecule has 11 heteroatoms. The van der Waals surface area contributed by atoms with Gasteiger partial charge in [0.1, 0.15) is 19.1 Å². The lowest BCUT2D eigenvalue weighted by Gasteiger charge is -2.35. The number of halogens is 1. The first-order valence-corrected chi connectivity index (χ1v) is 11.1. The number of benzene rings is 1. The number of hydrogen-bond donors (Lipinski definition) is 0. The molecule has 0 bridgehead atoms. The van der Waals surface area contributed by atoms with E-state index in [1.54, 1.807) is 29.3 Å². The highest BCUT2D eigenvalue weighted by atomic mass is 19.1. The average molecular weight is 465 g/mol. The first kappa shape index (κ1) is 22.1. The maximum atomic E-state index is 15.2. The Morgan fingerprint density at radius 2 is 2.00 bits per heavy atom. The van der Waals surface area contributed by atoms with Gasteiger partial charge >= 0.3 is 5.97 Å². The van der Waals surface area contributed by atoms with Gasteiger partial charge in [0.15, 0.2) is 0 Å². The van der Waals surface area contributed by atoms with Gasteiger partial charge in [-0.25, -0.2) is 9.18 Å². The third kappa shape index (κ3) is 4.38. The number of piperazine rings is 1. The van der Waals surface area contributed by atoms with Crippen LogP contribution in [0.25, 0.3) is 5.69 Å². The summed E-state index contributed by atoms with van der Waals surface area (Å²) in [6, 6.07) is 6.94. The van der Waals surface area contributed by atoms with Gasteiger partial charge in [-0.15, -0.1) is 5.10 Å². The lowest BCUT2D eigenvalue weighted by molar-refractivity contribution is -0.132. The zero-order chi connectivity index (χ0) is 23.7. The summed E-state index contributed by atoms with van der Waals surface area (Å²) >= 11 is 0. The summed E-state index contributed by atoms with van der Waals surface area (Å²) < 4.78 is 21.7. The Morgan fingerprint density at radius 1 is 1.18 bits per heavy atom. The molecule has 10 nitrogen and oxygen atoms in total. The van der Waals surface area contributed by atoms with Gasteiger partial charge in [-0.1, -0.05) is 6.07 Å². The third-order valence-electron chi connectivity index (χ3n) is 6.44. The van der Waals surface area contributed by atoms with Crippen LogP contribution in [0.2, 0.25) is 0 Å². The van der Waals surface area contributed by atoms with Crippen molar-refractivity contribution < 1.29 is 18.7 Å². The topological polar surface area (TPSA) is 106 Å². The molecule has 0 N–H and O–H groups in total. The van der Waals surface area contributed by atoms with E-state index in [4.69, 9.17) is 4.74 Å². The predicted molar refractivity (Wildman–Crippen MR) is 118 cm³/mol. The largest absolute Gasteiger partial charge is 0.457 e. The first-order chi connectivity index (χ1) is 16.5. The van der Waals surface area contributed by atoms with E-state index in [9.17, 15) is 9.59 Å². The van der Waals surface area contributed by atoms with Crippen LogP contribution in [0.15, 0.2) is 36.8 Å². The van der Waals surface area contributed by atoms with Crippen molar-refractivity contribution in [1.82, 2.24) is 35.0 Å². The van der Waals surface area contributed by atoms with Gasteiger partial charge in [-0.3, -0.25) is 14.7 Å². The van der Waals surface area contributed by atoms with Crippen LogP contribution in [0, 0.1) is 6.92 Å². The van der Waals surface area contributed by atoms with E-state index in [0.29, 0.717) is 48.7 Å². The summed E-state index contributed by atoms with van der Waals surface area (Å²) in [5.41, 5.74) is 4.06. The van der Waals surface area contributed by atoms with Crippen LogP contribution in [-0.4, -0.2) is 79.6 Å². The van der Waals surface area contributed by atoms with Crippen LogP contribution in [0.5, 0.6) is 0 Å². The van der Waals surface area contributed by atoms with E-state index in [-0.39, 0.29) is 31.4 Å². The fraction of sp³-hybridized carbons (Fsp3) is 0.391. The molecule has 1 atom stereocenters. The fourth-order valence-corrected chi connectivity index (χ4v) is 4.41. The van der Waals surface area contributed by atoms with Crippen molar-refractivity contribution in [2.24, 2.45) is 0 Å². The molecule has 4 heterocycles. The highest BCUT2D eigenvalue weighted by Gasteiger charge is 2.28. The fourth-order valence-electron chi connectivity index (χ4n) is 4.41. The summed E-state index contributed by atoms with van der Waals surface area (Å²) in [5.74, 6) is -0.349. The Kier molecular flexibility index (Phi) is 6.01. The molecule has 0 saturated carbocycles. The van der Waals surface area contributed by atoms with Crippen LogP contribution in [0.3, 0.4) is 0 Å². The van der Waals surface area contributed by atoms with E-state index in [0.717, 1.165) is 11.1 Å². The molecule has 1 saturated heterocycles. The number of carbonyl (C=O) groups is 2. The number of alkyl halides is 1. The highest BCUT2D eigenvalue weighted by Crippen LogP contribution is 2.31. The zero-order valence-corrected chi connectivity index (χ0v) is 18.7. The summed E-state index contributed by atoms with van der Waals surface area (Å²) in [5, 5.41) is 11.0. The molecule has 2 aliphatic heterocycles. The van der Waals surface area contributed by atoms with Gasteiger partial charge < -0.3 is 9.64 Å². The summed E-state index contributed by atoms with van der Waals surface area (Å²) in [7, 11) is 0. The molecule has 1 fully saturated rings. The Balaban J connectivity index is 1.13. The maximum absolute atomic E-state index is 15.2. The first-order valence-electron chi connectivity index (χ1n) is 11.1. The molecule has 3 aromatic rings. The lowest BCUT2D eigenvalue weighted by Crippen LogP contribution is -2.49. The molecule has 34 heavy (non-hydrogen) atoms. The van der Waals surface area contributed by atoms with E-state index in [1.165, 1.54) is 11.0 Å². The molecule has 0 radical (unpaired) electrons. The number of carbonyl (C=O) groups excluding carboxylic acids is 2. The number of hydrogen-bond acceptors (Lipinski definition) is 8. The van der Waals surface area contributed by atoms with Gasteiger partial charge in [0.2, 0.25) is 5.91 Å². The van der Waals surface area contributed by atoms with Crippen LogP contribution in [0.4, 0.5) is 4.39 Å². The van der Waals surface area contributed by atoms with Crippen LogP contribution in [-0.2, 0) is 22.6 Å². The number of pyridine rings is 1. The summed E-state index contributed by atoms with van der Waals surface area (Å²) in [4.78, 5) is 32.6. The molecular weight excluding hydrogens is 441 g/mol. The number of aromatic nitrogens is 5. The normalized spacial score (nSPS) is 16.9. The Hall–Kier alpha value is -3.73. The van der Waals surface area contributed by atoms with Gasteiger partial charge in [0, 0.05) is 44.0 Å². The van der Waals surface area contributed by atoms with Gasteiger partial charge in [0.25, 0.3) is 0 Å². The monoisotopic (exact) mass is 465 g/mol. The van der Waals surface area contributed by atoms with E-state index in [2.05, 4.69) is 20.5 Å². The number of ether oxygens (including phenoxy) is 1. The number of fused-ring (bicyclic) bond motifs is 1. The van der Waals surface area contributed by atoms with E-state index < -0.39 is 6.17 Å². The molecule has 1 aromatic carbocycles. The second-order valence-electron chi connectivity index (χ2n) is 8.47. The van der Waals surface area contributed by atoms with Crippen LogP contribution in [0.1, 0.15) is 38.9 Å². The molecule has 1 unspecified atom stereocenters. The SMILES string of the molecule is Cc1c(C(F)CN2CCN(C(=O)Cc3ccc(-n4cnnn4)cn3)CC2)ccc2c1COC2=O. The number of cyclic esters (lactones) is 1. The molecule has 5 rings (SSSR count). The zero-order valence-electron chi connectivity index (χ0n) is 18.7. The Labute approximate surface area is 195 Å². The predicted octanol–water partition coefficient (Wildman–Crippen LogP) is 1.43. The number of nitrogens with zero attached hydrogens (tertiary/aromatic N) is 7. The van der Waals surface area contributed by atoms with Crippen LogP contribution >= 0.6 is 0 Å². The number of amides is 1. The molecule has 2 aromatic heterocycles. The standard InChI is InChI=1S/C23H24FN7O3/c1-15-18(4-5-19-20(15)13-34-23(19)33)21(24)12-29-6-8-30(9-7-29)22(32)10-16-2-3-17(11-25-16)31-14-26-27-28-31/h2-5,11,14,21H,6-10,12-13H2,1H3. The van der Waals surface area contributed by atoms with E-state index in [1.807, 2.05) is 17.9 Å². The Morgan fingerprint density at radius 3 is 2.71 bits per heavy atom. The quantitative estimate of drug-likeness (QED) is 0.504. The minimum Gasteiger partial charge on any atom is -0.457 e. The minimum atomic E-state index is -1.17. The number of tetrazole rings is 1. The second kappa shape index (κ2) is 9.26. The smallest absolute Gasteiger partial charge is 0.338 e. The van der Waals surface area contributed by atoms with Gasteiger partial charge in [-0.2, -0.15) is 4.68 Å². The van der Waals surface area contributed by atoms with Crippen molar-refractivity contribution in [3.63, 3.8) is 0 Å². The van der Waals surface area contributed by atoms with Crippen molar-refractivity contribution in [3.05, 3.63) is 64.7 Å². The average Bonchev–Trinajstić information content (AvgIpc) is 3.51. The van der Waals surface area contributed by atoms with Crippen LogP contribution < -0.4 is 0 Å². The second-order valence-corrected chi connectivity index (χ2v) is 8.47. The van der Waals surface area contributed by atoms with E-state index >= 15 is 4.39 Å². The van der Waals surface area contributed by atoms with Crippen molar-refractivity contribution in [2.45, 2.75) is 26.1 Å². The summed E-state index contributed by atoms with van der Waals surface area (Å²) in [6.07, 6.45) is 2.13. The minimum absolute atomic E-state index is 0.00162. The van der Waals surface area contributed by atoms with Crippen molar-refractivity contribution in [3.8, 4) is 5.69 Å². The third-order valence-corrected chi connectivity index (χ3v) is 6.44. The highest BCUT2D eigenvalue weighted by molar-refractivity contribution is 5.94. The summed E-state index contributed by atoms with van der Waals surface area (Å²) in [6.45, 7) is 4.57. The molecule has 1 amide bonds. The molecule has 2 aliphatic rings. The number of esters is 1. The van der Waals surface area contributed by atoms with Gasteiger partial charge in [-0.05, 0) is 46.7 Å². The lowest BCUT2D eigenvalue weighted by atomic mass is 9.95. The molecule has 0 spiro atoms.